The predicted molar refractivity (Wildman–Crippen MR) is 55.2 cm³/mol. The van der Waals surface area contributed by atoms with Crippen molar-refractivity contribution >= 4 is 11.8 Å². The normalized spacial score (nSPS) is 31.9. The number of piperazine rings is 2. The van der Waals surface area contributed by atoms with Crippen LogP contribution in [0.25, 0.3) is 0 Å². The van der Waals surface area contributed by atoms with Gasteiger partial charge >= 0.3 is 0 Å². The van der Waals surface area contributed by atoms with Crippen molar-refractivity contribution in [3.05, 3.63) is 0 Å². The molecule has 2 amide bonds. The standard InChI is InChI=1S/C10H17N3O2/c1-3-8-10(15)12(2)6-7-4-11-5-9(14)13(7)8/h7-8,11H,3-6H2,1-2H3. The van der Waals surface area contributed by atoms with Crippen LogP contribution in [0.15, 0.2) is 0 Å². The Kier molecular flexibility index (Phi) is 2.65. The lowest BCUT2D eigenvalue weighted by atomic mass is 10.0. The molecule has 0 bridgehead atoms. The first-order valence-electron chi connectivity index (χ1n) is 5.42. The molecule has 2 unspecified atom stereocenters. The van der Waals surface area contributed by atoms with E-state index in [4.69, 9.17) is 0 Å². The Hall–Kier alpha value is -1.10. The van der Waals surface area contributed by atoms with Crippen LogP contribution in [0.2, 0.25) is 0 Å². The summed E-state index contributed by atoms with van der Waals surface area (Å²) in [6, 6.07) is -0.0951. The van der Waals surface area contributed by atoms with Gasteiger partial charge in [-0.05, 0) is 6.42 Å². The van der Waals surface area contributed by atoms with E-state index in [2.05, 4.69) is 5.32 Å². The highest BCUT2D eigenvalue weighted by Gasteiger charge is 2.42. The lowest BCUT2D eigenvalue weighted by Crippen LogP contribution is -2.68. The van der Waals surface area contributed by atoms with Gasteiger partial charge in [0.05, 0.1) is 12.6 Å². The van der Waals surface area contributed by atoms with Crippen LogP contribution in [0.5, 0.6) is 0 Å². The molecule has 2 aliphatic heterocycles. The molecule has 84 valence electrons. The highest BCUT2D eigenvalue weighted by Crippen LogP contribution is 2.20. The van der Waals surface area contributed by atoms with E-state index in [-0.39, 0.29) is 23.9 Å². The highest BCUT2D eigenvalue weighted by molar-refractivity contribution is 5.90. The molecule has 0 radical (unpaired) electrons. The number of rotatable bonds is 1. The van der Waals surface area contributed by atoms with Crippen LogP contribution in [0.3, 0.4) is 0 Å². The van der Waals surface area contributed by atoms with Crippen molar-refractivity contribution in [2.75, 3.05) is 26.7 Å². The Balaban J connectivity index is 2.24. The third-order valence-corrected chi connectivity index (χ3v) is 3.21. The van der Waals surface area contributed by atoms with Crippen molar-refractivity contribution in [3.63, 3.8) is 0 Å². The maximum absolute atomic E-state index is 11.9. The molecule has 0 spiro atoms. The summed E-state index contributed by atoms with van der Waals surface area (Å²) in [7, 11) is 1.81. The second-order valence-corrected chi connectivity index (χ2v) is 4.23. The van der Waals surface area contributed by atoms with Crippen LogP contribution < -0.4 is 5.32 Å². The molecule has 1 N–H and O–H groups in total. The van der Waals surface area contributed by atoms with Crippen LogP contribution in [-0.2, 0) is 9.59 Å². The van der Waals surface area contributed by atoms with Gasteiger partial charge in [-0.2, -0.15) is 0 Å². The highest BCUT2D eigenvalue weighted by atomic mass is 16.2. The molecule has 2 aliphatic rings. The fraction of sp³-hybridized carbons (Fsp3) is 0.800. The van der Waals surface area contributed by atoms with Gasteiger partial charge in [-0.15, -0.1) is 0 Å². The second kappa shape index (κ2) is 3.81. The van der Waals surface area contributed by atoms with Gasteiger partial charge in [0, 0.05) is 20.1 Å². The fourth-order valence-corrected chi connectivity index (χ4v) is 2.47. The Morgan fingerprint density at radius 3 is 2.87 bits per heavy atom. The van der Waals surface area contributed by atoms with E-state index in [1.165, 1.54) is 0 Å². The topological polar surface area (TPSA) is 52.7 Å². The Morgan fingerprint density at radius 1 is 1.47 bits per heavy atom. The van der Waals surface area contributed by atoms with Crippen molar-refractivity contribution in [3.8, 4) is 0 Å². The zero-order valence-electron chi connectivity index (χ0n) is 9.19. The van der Waals surface area contributed by atoms with E-state index in [1.54, 1.807) is 16.8 Å². The molecule has 5 heteroatoms. The molecule has 2 fully saturated rings. The van der Waals surface area contributed by atoms with Gasteiger partial charge in [-0.3, -0.25) is 9.59 Å². The summed E-state index contributed by atoms with van der Waals surface area (Å²) in [5, 5.41) is 3.08. The van der Waals surface area contributed by atoms with Crippen LogP contribution in [0.4, 0.5) is 0 Å². The van der Waals surface area contributed by atoms with E-state index in [0.29, 0.717) is 19.5 Å². The number of hydrogen-bond acceptors (Lipinski definition) is 3. The van der Waals surface area contributed by atoms with Gasteiger partial charge in [0.2, 0.25) is 11.8 Å². The molecule has 15 heavy (non-hydrogen) atoms. The molecule has 2 rings (SSSR count). The molecule has 0 aromatic carbocycles. The van der Waals surface area contributed by atoms with E-state index in [0.717, 1.165) is 6.54 Å². The molecule has 5 nitrogen and oxygen atoms in total. The second-order valence-electron chi connectivity index (χ2n) is 4.23. The van der Waals surface area contributed by atoms with Crippen LogP contribution >= 0.6 is 0 Å². The molecule has 2 saturated heterocycles. The Bertz CT molecular complexity index is 292. The number of amides is 2. The van der Waals surface area contributed by atoms with Gasteiger partial charge in [0.1, 0.15) is 6.04 Å². The summed E-state index contributed by atoms with van der Waals surface area (Å²) >= 11 is 0. The quantitative estimate of drug-likeness (QED) is 0.607. The first kappa shape index (κ1) is 10.4. The maximum Gasteiger partial charge on any atom is 0.245 e. The summed E-state index contributed by atoms with van der Waals surface area (Å²) in [4.78, 5) is 27.1. The third-order valence-electron chi connectivity index (χ3n) is 3.21. The van der Waals surface area contributed by atoms with Gasteiger partial charge < -0.3 is 15.1 Å². The smallest absolute Gasteiger partial charge is 0.245 e. The molecular formula is C10H17N3O2. The number of fused-ring (bicyclic) bond motifs is 1. The SMILES string of the molecule is CCC1C(=O)N(C)CC2CNCC(=O)N21. The fourth-order valence-electron chi connectivity index (χ4n) is 2.47. The first-order valence-corrected chi connectivity index (χ1v) is 5.42. The van der Waals surface area contributed by atoms with Crippen molar-refractivity contribution in [2.24, 2.45) is 0 Å². The zero-order chi connectivity index (χ0) is 11.0. The number of nitrogens with zero attached hydrogens (tertiary/aromatic N) is 2. The number of hydrogen-bond donors (Lipinski definition) is 1. The molecule has 2 heterocycles. The van der Waals surface area contributed by atoms with Gasteiger partial charge in [-0.1, -0.05) is 6.92 Å². The summed E-state index contributed by atoms with van der Waals surface area (Å²) in [6.45, 7) is 3.76. The number of likely N-dealkylation sites (N-methyl/N-ethyl adjacent to an activating group) is 1. The summed E-state index contributed by atoms with van der Waals surface area (Å²) in [6.07, 6.45) is 0.700. The lowest BCUT2D eigenvalue weighted by molar-refractivity contribution is -0.156. The third kappa shape index (κ3) is 1.61. The average Bonchev–Trinajstić information content (AvgIpc) is 2.21. The largest absolute Gasteiger partial charge is 0.342 e. The van der Waals surface area contributed by atoms with Crippen molar-refractivity contribution in [1.82, 2.24) is 15.1 Å². The minimum atomic E-state index is -0.247. The van der Waals surface area contributed by atoms with Crippen molar-refractivity contribution in [2.45, 2.75) is 25.4 Å². The maximum atomic E-state index is 11.9. The Morgan fingerprint density at radius 2 is 2.20 bits per heavy atom. The molecule has 0 aliphatic carbocycles. The van der Waals surface area contributed by atoms with Gasteiger partial charge in [0.25, 0.3) is 0 Å². The summed E-state index contributed by atoms with van der Waals surface area (Å²) in [5.74, 6) is 0.128. The predicted octanol–water partition coefficient (Wildman–Crippen LogP) is -0.963. The minimum absolute atomic E-state index is 0.0551. The van der Waals surface area contributed by atoms with E-state index in [9.17, 15) is 9.59 Å². The Labute approximate surface area is 89.4 Å². The molecule has 2 atom stereocenters. The van der Waals surface area contributed by atoms with Crippen LogP contribution in [0.1, 0.15) is 13.3 Å². The lowest BCUT2D eigenvalue weighted by Gasteiger charge is -2.47. The first-order chi connectivity index (χ1) is 7.15. The zero-order valence-corrected chi connectivity index (χ0v) is 9.19. The summed E-state index contributed by atoms with van der Waals surface area (Å²) < 4.78 is 0. The number of carbonyl (C=O) groups excluding carboxylic acids is 2. The summed E-state index contributed by atoms with van der Waals surface area (Å²) in [5.41, 5.74) is 0. The van der Waals surface area contributed by atoms with Crippen LogP contribution in [0, 0.1) is 0 Å². The van der Waals surface area contributed by atoms with Gasteiger partial charge in [0.15, 0.2) is 0 Å². The molecular weight excluding hydrogens is 194 g/mol. The van der Waals surface area contributed by atoms with E-state index >= 15 is 0 Å². The van der Waals surface area contributed by atoms with Gasteiger partial charge in [-0.25, -0.2) is 0 Å². The van der Waals surface area contributed by atoms with Crippen molar-refractivity contribution < 1.29 is 9.59 Å². The van der Waals surface area contributed by atoms with E-state index < -0.39 is 0 Å². The monoisotopic (exact) mass is 211 g/mol. The van der Waals surface area contributed by atoms with Crippen molar-refractivity contribution in [1.29, 1.82) is 0 Å². The number of nitrogens with one attached hydrogen (secondary N) is 1. The molecule has 0 saturated carbocycles. The van der Waals surface area contributed by atoms with Crippen LogP contribution in [-0.4, -0.2) is 60.4 Å². The average molecular weight is 211 g/mol. The number of carbonyl (C=O) groups is 2. The van der Waals surface area contributed by atoms with E-state index in [1.807, 2.05) is 6.92 Å². The minimum Gasteiger partial charge on any atom is -0.342 e. The molecule has 0 aromatic heterocycles. The molecule has 0 aromatic rings.